The maximum absolute atomic E-state index is 5.63. The van der Waals surface area contributed by atoms with Gasteiger partial charge in [-0.3, -0.25) is 4.90 Å². The molecule has 0 radical (unpaired) electrons. The summed E-state index contributed by atoms with van der Waals surface area (Å²) < 4.78 is 11.2. The highest BCUT2D eigenvalue weighted by molar-refractivity contribution is 5.93. The monoisotopic (exact) mass is 475 g/mol. The molecule has 35 heavy (non-hydrogen) atoms. The lowest BCUT2D eigenvalue weighted by molar-refractivity contribution is 0.203. The average Bonchev–Trinajstić information content (AvgIpc) is 2.92. The molecule has 2 aromatic carbocycles. The number of ether oxygens (including phenoxy) is 2. The van der Waals surface area contributed by atoms with Crippen molar-refractivity contribution in [3.05, 3.63) is 48.0 Å². The molecular formula is C28H37N5O2. The van der Waals surface area contributed by atoms with Crippen molar-refractivity contribution in [1.29, 1.82) is 0 Å². The van der Waals surface area contributed by atoms with Crippen LogP contribution in [0.25, 0.3) is 10.9 Å². The zero-order valence-electron chi connectivity index (χ0n) is 21.2. The highest BCUT2D eigenvalue weighted by Gasteiger charge is 2.27. The Morgan fingerprint density at radius 3 is 2.26 bits per heavy atom. The molecule has 0 amide bonds. The number of rotatable bonds is 7. The Morgan fingerprint density at radius 2 is 1.57 bits per heavy atom. The molecule has 7 heteroatoms. The van der Waals surface area contributed by atoms with Crippen LogP contribution in [-0.2, 0) is 6.54 Å². The molecule has 5 rings (SSSR count). The highest BCUT2D eigenvalue weighted by atomic mass is 16.5. The molecule has 0 unspecified atom stereocenters. The number of nitrogens with zero attached hydrogens (tertiary/aromatic N) is 5. The van der Waals surface area contributed by atoms with Crippen LogP contribution in [0.1, 0.15) is 37.7 Å². The Balaban J connectivity index is 1.42. The fraction of sp³-hybridized carbons (Fsp3) is 0.500. The molecule has 0 spiro atoms. The summed E-state index contributed by atoms with van der Waals surface area (Å²) in [6.45, 7) is 5.22. The molecule has 0 atom stereocenters. The molecule has 2 saturated heterocycles. The number of methoxy groups -OCH3 is 2. The fourth-order valence-corrected chi connectivity index (χ4v) is 5.41. The lowest BCUT2D eigenvalue weighted by Gasteiger charge is -2.38. The van der Waals surface area contributed by atoms with Crippen LogP contribution in [0.2, 0.25) is 0 Å². The number of anilines is 2. The first-order valence-corrected chi connectivity index (χ1v) is 12.8. The first-order chi connectivity index (χ1) is 17.2. The van der Waals surface area contributed by atoms with E-state index >= 15 is 0 Å². The molecule has 2 aliphatic heterocycles. The lowest BCUT2D eigenvalue weighted by Crippen LogP contribution is -2.43. The Hall–Kier alpha value is -3.06. The van der Waals surface area contributed by atoms with E-state index in [1.807, 2.05) is 12.1 Å². The topological polar surface area (TPSA) is 54.0 Å². The van der Waals surface area contributed by atoms with Gasteiger partial charge >= 0.3 is 0 Å². The van der Waals surface area contributed by atoms with Crippen LogP contribution in [0.4, 0.5) is 11.8 Å². The number of fused-ring (bicyclic) bond motifs is 1. The van der Waals surface area contributed by atoms with Crippen molar-refractivity contribution in [2.45, 2.75) is 44.7 Å². The van der Waals surface area contributed by atoms with Crippen LogP contribution < -0.4 is 19.3 Å². The second-order valence-corrected chi connectivity index (χ2v) is 9.72. The Bertz CT molecular complexity index is 1130. The van der Waals surface area contributed by atoms with Gasteiger partial charge < -0.3 is 19.3 Å². The summed E-state index contributed by atoms with van der Waals surface area (Å²) in [5, 5.41) is 1.01. The zero-order chi connectivity index (χ0) is 24.2. The van der Waals surface area contributed by atoms with Gasteiger partial charge in [0.2, 0.25) is 5.95 Å². The van der Waals surface area contributed by atoms with E-state index in [2.05, 4.69) is 52.1 Å². The third-order valence-electron chi connectivity index (χ3n) is 7.50. The molecule has 0 aliphatic carbocycles. The van der Waals surface area contributed by atoms with Crippen molar-refractivity contribution in [2.24, 2.45) is 0 Å². The molecule has 0 N–H and O–H groups in total. The number of hydrogen-bond acceptors (Lipinski definition) is 7. The number of aromatic nitrogens is 2. The van der Waals surface area contributed by atoms with E-state index in [4.69, 9.17) is 19.4 Å². The zero-order valence-corrected chi connectivity index (χ0v) is 21.2. The molecular weight excluding hydrogens is 438 g/mol. The van der Waals surface area contributed by atoms with Crippen LogP contribution in [0.3, 0.4) is 0 Å². The van der Waals surface area contributed by atoms with Gasteiger partial charge in [-0.2, -0.15) is 4.98 Å². The summed E-state index contributed by atoms with van der Waals surface area (Å²) in [5.74, 6) is 3.22. The molecule has 2 aliphatic rings. The van der Waals surface area contributed by atoms with E-state index in [0.717, 1.165) is 68.2 Å². The van der Waals surface area contributed by atoms with Crippen LogP contribution in [-0.4, -0.2) is 68.4 Å². The molecule has 7 nitrogen and oxygen atoms in total. The first kappa shape index (κ1) is 23.7. The first-order valence-electron chi connectivity index (χ1n) is 12.8. The molecule has 3 aromatic rings. The van der Waals surface area contributed by atoms with Crippen molar-refractivity contribution in [3.8, 4) is 11.5 Å². The van der Waals surface area contributed by atoms with Crippen molar-refractivity contribution in [3.63, 3.8) is 0 Å². The van der Waals surface area contributed by atoms with Crippen LogP contribution in [0.5, 0.6) is 11.5 Å². The summed E-state index contributed by atoms with van der Waals surface area (Å²) in [6.07, 6.45) is 5.89. The van der Waals surface area contributed by atoms with Gasteiger partial charge in [0.1, 0.15) is 5.82 Å². The quantitative estimate of drug-likeness (QED) is 0.489. The van der Waals surface area contributed by atoms with Crippen LogP contribution in [0, 0.1) is 0 Å². The fourth-order valence-electron chi connectivity index (χ4n) is 5.41. The minimum absolute atomic E-state index is 0.433. The molecule has 0 bridgehead atoms. The number of benzene rings is 2. The Labute approximate surface area is 208 Å². The Morgan fingerprint density at radius 1 is 0.886 bits per heavy atom. The number of piperidine rings is 2. The van der Waals surface area contributed by atoms with E-state index < -0.39 is 0 Å². The summed E-state index contributed by atoms with van der Waals surface area (Å²) in [5.41, 5.74) is 2.29. The van der Waals surface area contributed by atoms with E-state index in [-0.39, 0.29) is 0 Å². The van der Waals surface area contributed by atoms with Crippen molar-refractivity contribution < 1.29 is 9.47 Å². The van der Waals surface area contributed by atoms with Gasteiger partial charge in [0.25, 0.3) is 0 Å². The molecule has 0 saturated carbocycles. The molecule has 1 aromatic heterocycles. The van der Waals surface area contributed by atoms with E-state index in [1.54, 1.807) is 14.2 Å². The number of hydrogen-bond donors (Lipinski definition) is 0. The maximum Gasteiger partial charge on any atom is 0.227 e. The average molecular weight is 476 g/mol. The second kappa shape index (κ2) is 10.7. The third kappa shape index (κ3) is 5.15. The standard InChI is InChI=1S/C28H37N5O2/c1-31(22-12-16-32(17-13-22)20-21-10-6-4-7-11-21)27-23-18-25(34-2)26(35-3)19-24(23)29-28(30-27)33-14-8-5-9-15-33/h4,6-7,10-11,18-19,22H,5,8-9,12-17,20H2,1-3H3. The van der Waals surface area contributed by atoms with Gasteiger partial charge in [-0.1, -0.05) is 30.3 Å². The minimum atomic E-state index is 0.433. The Kier molecular flexibility index (Phi) is 7.23. The molecule has 3 heterocycles. The smallest absolute Gasteiger partial charge is 0.227 e. The van der Waals surface area contributed by atoms with E-state index in [9.17, 15) is 0 Å². The van der Waals surface area contributed by atoms with E-state index in [0.29, 0.717) is 17.5 Å². The minimum Gasteiger partial charge on any atom is -0.493 e. The van der Waals surface area contributed by atoms with Crippen molar-refractivity contribution in [1.82, 2.24) is 14.9 Å². The van der Waals surface area contributed by atoms with Gasteiger partial charge in [0.05, 0.1) is 19.7 Å². The van der Waals surface area contributed by atoms with Gasteiger partial charge in [-0.05, 0) is 43.7 Å². The number of likely N-dealkylation sites (tertiary alicyclic amines) is 1. The molecule has 186 valence electrons. The second-order valence-electron chi connectivity index (χ2n) is 9.72. The summed E-state index contributed by atoms with van der Waals surface area (Å²) in [6, 6.07) is 15.2. The predicted octanol–water partition coefficient (Wildman–Crippen LogP) is 4.74. The van der Waals surface area contributed by atoms with Gasteiger partial charge in [0.15, 0.2) is 11.5 Å². The summed E-state index contributed by atoms with van der Waals surface area (Å²) in [7, 11) is 5.54. The summed E-state index contributed by atoms with van der Waals surface area (Å²) in [4.78, 5) is 17.4. The highest BCUT2D eigenvalue weighted by Crippen LogP contribution is 2.37. The predicted molar refractivity (Wildman–Crippen MR) is 142 cm³/mol. The SMILES string of the molecule is COc1cc2nc(N3CCCCC3)nc(N(C)C3CCN(Cc4ccccc4)CC3)c2cc1OC. The van der Waals surface area contributed by atoms with Crippen LogP contribution >= 0.6 is 0 Å². The van der Waals surface area contributed by atoms with Crippen LogP contribution in [0.15, 0.2) is 42.5 Å². The third-order valence-corrected chi connectivity index (χ3v) is 7.50. The summed E-state index contributed by atoms with van der Waals surface area (Å²) >= 11 is 0. The van der Waals surface area contributed by atoms with Gasteiger partial charge in [-0.25, -0.2) is 4.98 Å². The normalized spacial score (nSPS) is 17.5. The molecule has 2 fully saturated rings. The van der Waals surface area contributed by atoms with Crippen molar-refractivity contribution >= 4 is 22.7 Å². The van der Waals surface area contributed by atoms with Gasteiger partial charge in [0, 0.05) is 57.3 Å². The lowest BCUT2D eigenvalue weighted by atomic mass is 10.0. The van der Waals surface area contributed by atoms with E-state index in [1.165, 1.54) is 24.8 Å². The maximum atomic E-state index is 5.63. The van der Waals surface area contributed by atoms with Gasteiger partial charge in [-0.15, -0.1) is 0 Å². The largest absolute Gasteiger partial charge is 0.493 e. The van der Waals surface area contributed by atoms with Crippen molar-refractivity contribution in [2.75, 3.05) is 57.2 Å².